The summed E-state index contributed by atoms with van der Waals surface area (Å²) >= 11 is 0. The van der Waals surface area contributed by atoms with Gasteiger partial charge in [0, 0.05) is 12.3 Å². The number of hydrogen-bond acceptors (Lipinski definition) is 2. The molecule has 0 saturated heterocycles. The fraction of sp³-hybridized carbons (Fsp3) is 0.188. The van der Waals surface area contributed by atoms with Crippen molar-refractivity contribution in [3.63, 3.8) is 0 Å². The van der Waals surface area contributed by atoms with Crippen molar-refractivity contribution in [3.05, 3.63) is 65.0 Å². The van der Waals surface area contributed by atoms with Crippen molar-refractivity contribution in [3.8, 4) is 0 Å². The number of carbonyl (C=O) groups is 1. The van der Waals surface area contributed by atoms with Gasteiger partial charge in [0.2, 0.25) is 0 Å². The smallest absolute Gasteiger partial charge is 0.258 e. The van der Waals surface area contributed by atoms with Crippen LogP contribution in [0.2, 0.25) is 0 Å². The molecule has 2 aromatic rings. The molecule has 0 saturated carbocycles. The van der Waals surface area contributed by atoms with Crippen LogP contribution < -0.4 is 5.32 Å². The van der Waals surface area contributed by atoms with E-state index < -0.39 is 11.7 Å². The quantitative estimate of drug-likeness (QED) is 0.900. The van der Waals surface area contributed by atoms with Gasteiger partial charge in [-0.25, -0.2) is 4.39 Å². The molecule has 2 aromatic carbocycles. The first-order valence-corrected chi connectivity index (χ1v) is 6.37. The van der Waals surface area contributed by atoms with Crippen molar-refractivity contribution in [2.45, 2.75) is 13.3 Å². The van der Waals surface area contributed by atoms with Crippen LogP contribution in [0.25, 0.3) is 0 Å². The molecule has 0 radical (unpaired) electrons. The highest BCUT2D eigenvalue weighted by atomic mass is 19.1. The van der Waals surface area contributed by atoms with Crippen LogP contribution in [0.3, 0.4) is 0 Å². The van der Waals surface area contributed by atoms with Crippen molar-refractivity contribution in [2.24, 2.45) is 0 Å². The minimum atomic E-state index is -0.537. The van der Waals surface area contributed by atoms with E-state index in [1.54, 1.807) is 25.1 Å². The molecule has 0 aliphatic carbocycles. The van der Waals surface area contributed by atoms with Crippen LogP contribution in [-0.2, 0) is 6.42 Å². The number of benzene rings is 2. The second-order valence-corrected chi connectivity index (χ2v) is 4.61. The zero-order chi connectivity index (χ0) is 14.5. The SMILES string of the molecule is Cc1ccc(F)c(C(=O)Nc2ccc(CCO)cc2)c1. The molecule has 0 fully saturated rings. The molecule has 0 aliphatic rings. The fourth-order valence-corrected chi connectivity index (χ4v) is 1.90. The lowest BCUT2D eigenvalue weighted by Gasteiger charge is -2.07. The number of aliphatic hydroxyl groups excluding tert-OH is 1. The molecule has 1 amide bonds. The molecule has 2 N–H and O–H groups in total. The Morgan fingerprint density at radius 2 is 1.90 bits per heavy atom. The highest BCUT2D eigenvalue weighted by Crippen LogP contribution is 2.14. The van der Waals surface area contributed by atoms with Gasteiger partial charge in [0.15, 0.2) is 0 Å². The van der Waals surface area contributed by atoms with Crippen LogP contribution in [0, 0.1) is 12.7 Å². The van der Waals surface area contributed by atoms with Gasteiger partial charge in [-0.1, -0.05) is 23.8 Å². The van der Waals surface area contributed by atoms with Crippen LogP contribution in [0.15, 0.2) is 42.5 Å². The van der Waals surface area contributed by atoms with Crippen LogP contribution >= 0.6 is 0 Å². The molecular weight excluding hydrogens is 257 g/mol. The van der Waals surface area contributed by atoms with Crippen LogP contribution in [0.1, 0.15) is 21.5 Å². The summed E-state index contributed by atoms with van der Waals surface area (Å²) < 4.78 is 13.6. The van der Waals surface area contributed by atoms with E-state index in [0.717, 1.165) is 11.1 Å². The minimum absolute atomic E-state index is 0.0319. The third kappa shape index (κ3) is 3.42. The molecule has 0 bridgehead atoms. The van der Waals surface area contributed by atoms with Gasteiger partial charge in [0.1, 0.15) is 5.82 Å². The number of aryl methyl sites for hydroxylation is 1. The maximum absolute atomic E-state index is 13.6. The summed E-state index contributed by atoms with van der Waals surface area (Å²) in [5.74, 6) is -1.01. The first-order valence-electron chi connectivity index (χ1n) is 6.37. The Labute approximate surface area is 117 Å². The Morgan fingerprint density at radius 3 is 2.55 bits per heavy atom. The van der Waals surface area contributed by atoms with Gasteiger partial charge in [-0.05, 0) is 43.2 Å². The molecule has 0 aromatic heterocycles. The Bertz CT molecular complexity index is 608. The maximum Gasteiger partial charge on any atom is 0.258 e. The van der Waals surface area contributed by atoms with Gasteiger partial charge in [0.25, 0.3) is 5.91 Å². The number of halogens is 1. The highest BCUT2D eigenvalue weighted by Gasteiger charge is 2.11. The molecule has 104 valence electrons. The molecule has 2 rings (SSSR count). The number of anilines is 1. The van der Waals surface area contributed by atoms with E-state index in [0.29, 0.717) is 12.1 Å². The number of carbonyl (C=O) groups excluding carboxylic acids is 1. The van der Waals surface area contributed by atoms with Crippen molar-refractivity contribution in [1.29, 1.82) is 0 Å². The van der Waals surface area contributed by atoms with E-state index in [1.165, 1.54) is 12.1 Å². The Hall–Kier alpha value is -2.20. The lowest BCUT2D eigenvalue weighted by molar-refractivity contribution is 0.102. The molecule has 0 atom stereocenters. The minimum Gasteiger partial charge on any atom is -0.396 e. The van der Waals surface area contributed by atoms with Gasteiger partial charge in [0.05, 0.1) is 5.56 Å². The zero-order valence-corrected chi connectivity index (χ0v) is 11.2. The lowest BCUT2D eigenvalue weighted by atomic mass is 10.1. The third-order valence-electron chi connectivity index (χ3n) is 2.98. The predicted molar refractivity (Wildman–Crippen MR) is 76.3 cm³/mol. The van der Waals surface area contributed by atoms with E-state index in [4.69, 9.17) is 5.11 Å². The fourth-order valence-electron chi connectivity index (χ4n) is 1.90. The van der Waals surface area contributed by atoms with E-state index in [9.17, 15) is 9.18 Å². The average molecular weight is 273 g/mol. The van der Waals surface area contributed by atoms with Gasteiger partial charge in [-0.15, -0.1) is 0 Å². The number of hydrogen-bond donors (Lipinski definition) is 2. The number of rotatable bonds is 4. The van der Waals surface area contributed by atoms with Crippen LogP contribution in [0.5, 0.6) is 0 Å². The summed E-state index contributed by atoms with van der Waals surface area (Å²) in [5.41, 5.74) is 2.43. The van der Waals surface area contributed by atoms with Crippen molar-refractivity contribution in [1.82, 2.24) is 0 Å². The summed E-state index contributed by atoms with van der Waals surface area (Å²) in [6.07, 6.45) is 0.570. The summed E-state index contributed by atoms with van der Waals surface area (Å²) in [5, 5.41) is 11.5. The van der Waals surface area contributed by atoms with Gasteiger partial charge in [-0.3, -0.25) is 4.79 Å². The predicted octanol–water partition coefficient (Wildman–Crippen LogP) is 2.92. The zero-order valence-electron chi connectivity index (χ0n) is 11.2. The standard InChI is InChI=1S/C16H16FNO2/c1-11-2-7-15(17)14(10-11)16(20)18-13-5-3-12(4-6-13)8-9-19/h2-7,10,19H,8-9H2,1H3,(H,18,20). The first kappa shape index (κ1) is 14.2. The molecule has 3 nitrogen and oxygen atoms in total. The van der Waals surface area contributed by atoms with Crippen LogP contribution in [0.4, 0.5) is 10.1 Å². The Balaban J connectivity index is 2.13. The Kier molecular flexibility index (Phi) is 4.48. The molecule has 20 heavy (non-hydrogen) atoms. The topological polar surface area (TPSA) is 49.3 Å². The average Bonchev–Trinajstić information content (AvgIpc) is 2.44. The number of amides is 1. The Morgan fingerprint density at radius 1 is 1.20 bits per heavy atom. The normalized spacial score (nSPS) is 10.3. The first-order chi connectivity index (χ1) is 9.60. The van der Waals surface area contributed by atoms with E-state index in [1.807, 2.05) is 12.1 Å². The maximum atomic E-state index is 13.6. The number of nitrogens with one attached hydrogen (secondary N) is 1. The van der Waals surface area contributed by atoms with Crippen LogP contribution in [-0.4, -0.2) is 17.6 Å². The summed E-state index contributed by atoms with van der Waals surface area (Å²) in [6, 6.07) is 11.5. The monoisotopic (exact) mass is 273 g/mol. The molecule has 0 spiro atoms. The lowest BCUT2D eigenvalue weighted by Crippen LogP contribution is -2.14. The second kappa shape index (κ2) is 6.30. The highest BCUT2D eigenvalue weighted by molar-refractivity contribution is 6.04. The molecule has 0 heterocycles. The van der Waals surface area contributed by atoms with Gasteiger partial charge < -0.3 is 10.4 Å². The molecule has 4 heteroatoms. The molecular formula is C16H16FNO2. The second-order valence-electron chi connectivity index (χ2n) is 4.61. The summed E-state index contributed by atoms with van der Waals surface area (Å²) in [6.45, 7) is 1.89. The molecule has 0 aliphatic heterocycles. The summed E-state index contributed by atoms with van der Waals surface area (Å²) in [7, 11) is 0. The van der Waals surface area contributed by atoms with Gasteiger partial charge >= 0.3 is 0 Å². The van der Waals surface area contributed by atoms with E-state index in [2.05, 4.69) is 5.32 Å². The molecule has 0 unspecified atom stereocenters. The van der Waals surface area contributed by atoms with Crippen molar-refractivity contribution < 1.29 is 14.3 Å². The van der Waals surface area contributed by atoms with Gasteiger partial charge in [-0.2, -0.15) is 0 Å². The summed E-state index contributed by atoms with van der Waals surface area (Å²) in [4.78, 5) is 12.0. The van der Waals surface area contributed by atoms with E-state index >= 15 is 0 Å². The van der Waals surface area contributed by atoms with E-state index in [-0.39, 0.29) is 12.2 Å². The third-order valence-corrected chi connectivity index (χ3v) is 2.98. The van der Waals surface area contributed by atoms with Crippen molar-refractivity contribution >= 4 is 11.6 Å². The van der Waals surface area contributed by atoms with Crippen molar-refractivity contribution in [2.75, 3.05) is 11.9 Å². The number of aliphatic hydroxyl groups is 1. The largest absolute Gasteiger partial charge is 0.396 e.